The normalized spacial score (nSPS) is 22.7. The summed E-state index contributed by atoms with van der Waals surface area (Å²) in [4.78, 5) is 25.0. The van der Waals surface area contributed by atoms with Gasteiger partial charge in [0.2, 0.25) is 0 Å². The second-order valence-electron chi connectivity index (χ2n) is 9.32. The van der Waals surface area contributed by atoms with E-state index in [1.54, 1.807) is 0 Å². The molecule has 2 atom stereocenters. The summed E-state index contributed by atoms with van der Waals surface area (Å²) in [7, 11) is 0. The Morgan fingerprint density at radius 1 is 0.700 bits per heavy atom. The lowest BCUT2D eigenvalue weighted by molar-refractivity contribution is 0.208. The second-order valence-corrected chi connectivity index (χ2v) is 9.32. The molecule has 4 amide bonds. The fourth-order valence-corrected chi connectivity index (χ4v) is 4.01. The Morgan fingerprint density at radius 3 is 1.33 bits per heavy atom. The van der Waals surface area contributed by atoms with E-state index in [1.807, 2.05) is 27.7 Å². The zero-order valence-electron chi connectivity index (χ0n) is 19.4. The molecule has 0 aromatic carbocycles. The van der Waals surface area contributed by atoms with Crippen molar-refractivity contribution >= 4 is 12.1 Å². The third-order valence-electron chi connectivity index (χ3n) is 6.51. The van der Waals surface area contributed by atoms with E-state index in [-0.39, 0.29) is 24.1 Å². The topological polar surface area (TPSA) is 107 Å². The highest BCUT2D eigenvalue weighted by atomic mass is 16.2. The molecular formula is C22H42N6O2. The van der Waals surface area contributed by atoms with E-state index < -0.39 is 11.3 Å². The standard InChI is InChI=1S/C22H42N6O2/c1-5-21(3,25-19(29)23-17-13-9-7-10-14-17)27-28-22(4,6-2)26-20(30)24-18-15-11-8-12-16-18/h17-18H,5-16H2,1-4H3,(H2,23,25,29)(H2,24,26,30)/b28-27+. The largest absolute Gasteiger partial charge is 0.335 e. The van der Waals surface area contributed by atoms with E-state index in [4.69, 9.17) is 0 Å². The maximum Gasteiger partial charge on any atom is 0.316 e. The number of hydrogen-bond donors (Lipinski definition) is 4. The molecule has 30 heavy (non-hydrogen) atoms. The summed E-state index contributed by atoms with van der Waals surface area (Å²) in [5.74, 6) is 0. The number of nitrogens with zero attached hydrogens (tertiary/aromatic N) is 2. The van der Waals surface area contributed by atoms with Gasteiger partial charge in [-0.05, 0) is 52.4 Å². The minimum Gasteiger partial charge on any atom is -0.335 e. The van der Waals surface area contributed by atoms with Crippen molar-refractivity contribution in [2.24, 2.45) is 10.2 Å². The summed E-state index contributed by atoms with van der Waals surface area (Å²) < 4.78 is 0. The molecule has 0 bridgehead atoms. The van der Waals surface area contributed by atoms with Crippen molar-refractivity contribution in [1.29, 1.82) is 0 Å². The number of azo groups is 1. The van der Waals surface area contributed by atoms with Gasteiger partial charge < -0.3 is 21.3 Å². The Morgan fingerprint density at radius 2 is 1.03 bits per heavy atom. The van der Waals surface area contributed by atoms with Gasteiger partial charge in [0.1, 0.15) is 0 Å². The molecule has 8 nitrogen and oxygen atoms in total. The van der Waals surface area contributed by atoms with Crippen molar-refractivity contribution in [2.45, 2.75) is 128 Å². The van der Waals surface area contributed by atoms with Crippen LogP contribution < -0.4 is 21.3 Å². The average molecular weight is 423 g/mol. The zero-order valence-corrected chi connectivity index (χ0v) is 19.4. The highest BCUT2D eigenvalue weighted by Gasteiger charge is 2.30. The quantitative estimate of drug-likeness (QED) is 0.415. The van der Waals surface area contributed by atoms with Crippen LogP contribution in [0.15, 0.2) is 10.2 Å². The van der Waals surface area contributed by atoms with Gasteiger partial charge in [-0.2, -0.15) is 10.2 Å². The van der Waals surface area contributed by atoms with Crippen molar-refractivity contribution in [3.63, 3.8) is 0 Å². The predicted octanol–water partition coefficient (Wildman–Crippen LogP) is 4.95. The van der Waals surface area contributed by atoms with E-state index in [0.717, 1.165) is 25.7 Å². The monoisotopic (exact) mass is 422 g/mol. The van der Waals surface area contributed by atoms with Gasteiger partial charge in [-0.1, -0.05) is 52.4 Å². The van der Waals surface area contributed by atoms with Crippen LogP contribution in [-0.2, 0) is 0 Å². The Balaban J connectivity index is 1.90. The van der Waals surface area contributed by atoms with E-state index in [9.17, 15) is 9.59 Å². The molecule has 0 spiro atoms. The van der Waals surface area contributed by atoms with Gasteiger partial charge in [0.15, 0.2) is 11.3 Å². The molecule has 4 N–H and O–H groups in total. The summed E-state index contributed by atoms with van der Waals surface area (Å²) in [5, 5.41) is 21.0. The zero-order chi connectivity index (χ0) is 22.0. The fourth-order valence-electron chi connectivity index (χ4n) is 4.01. The number of amides is 4. The van der Waals surface area contributed by atoms with E-state index in [1.165, 1.54) is 38.5 Å². The predicted molar refractivity (Wildman–Crippen MR) is 119 cm³/mol. The van der Waals surface area contributed by atoms with Crippen molar-refractivity contribution in [3.05, 3.63) is 0 Å². The number of hydrogen-bond acceptors (Lipinski definition) is 4. The van der Waals surface area contributed by atoms with Crippen LogP contribution in [0, 0.1) is 0 Å². The minimum atomic E-state index is -0.823. The van der Waals surface area contributed by atoms with Crippen LogP contribution in [0.5, 0.6) is 0 Å². The van der Waals surface area contributed by atoms with Gasteiger partial charge in [0.05, 0.1) is 0 Å². The molecule has 0 radical (unpaired) electrons. The first-order chi connectivity index (χ1) is 14.3. The first-order valence-corrected chi connectivity index (χ1v) is 11.9. The lowest BCUT2D eigenvalue weighted by atomic mass is 9.96. The van der Waals surface area contributed by atoms with E-state index >= 15 is 0 Å². The highest BCUT2D eigenvalue weighted by molar-refractivity contribution is 5.75. The summed E-state index contributed by atoms with van der Waals surface area (Å²) in [5.41, 5.74) is -1.65. The van der Waals surface area contributed by atoms with E-state index in [2.05, 4.69) is 31.5 Å². The molecule has 0 aromatic rings. The molecule has 0 aromatic heterocycles. The number of nitrogens with one attached hydrogen (secondary N) is 4. The van der Waals surface area contributed by atoms with Gasteiger partial charge in [-0.3, -0.25) is 0 Å². The Kier molecular flexibility index (Phi) is 9.37. The molecule has 0 saturated heterocycles. The summed E-state index contributed by atoms with van der Waals surface area (Å²) in [6.07, 6.45) is 12.5. The molecular weight excluding hydrogens is 380 g/mol. The van der Waals surface area contributed by atoms with Gasteiger partial charge in [0, 0.05) is 12.1 Å². The molecule has 2 rings (SSSR count). The number of urea groups is 2. The molecule has 2 unspecified atom stereocenters. The van der Waals surface area contributed by atoms with Crippen LogP contribution in [0.2, 0.25) is 0 Å². The van der Waals surface area contributed by atoms with Crippen molar-refractivity contribution in [3.8, 4) is 0 Å². The lowest BCUT2D eigenvalue weighted by Gasteiger charge is -2.31. The van der Waals surface area contributed by atoms with Crippen LogP contribution in [0.4, 0.5) is 9.59 Å². The van der Waals surface area contributed by atoms with Gasteiger partial charge >= 0.3 is 12.1 Å². The van der Waals surface area contributed by atoms with Crippen molar-refractivity contribution in [2.75, 3.05) is 0 Å². The number of carbonyl (C=O) groups is 2. The van der Waals surface area contributed by atoms with Crippen LogP contribution in [-0.4, -0.2) is 35.5 Å². The Labute approximate surface area is 181 Å². The number of rotatable bonds is 8. The van der Waals surface area contributed by atoms with Crippen LogP contribution in [0.3, 0.4) is 0 Å². The maximum absolute atomic E-state index is 12.5. The van der Waals surface area contributed by atoms with Crippen molar-refractivity contribution < 1.29 is 9.59 Å². The first-order valence-electron chi connectivity index (χ1n) is 11.9. The molecule has 2 saturated carbocycles. The number of carbonyl (C=O) groups excluding carboxylic acids is 2. The minimum absolute atomic E-state index is 0.202. The fraction of sp³-hybridized carbons (Fsp3) is 0.909. The Bertz CT molecular complexity index is 536. The lowest BCUT2D eigenvalue weighted by Crippen LogP contribution is -2.53. The van der Waals surface area contributed by atoms with Gasteiger partial charge in [0.25, 0.3) is 0 Å². The smallest absolute Gasteiger partial charge is 0.316 e. The van der Waals surface area contributed by atoms with Gasteiger partial charge in [-0.25, -0.2) is 9.59 Å². The Hall–Kier alpha value is -1.86. The molecule has 8 heteroatoms. The SMILES string of the molecule is CCC(C)(/N=N/C(C)(CC)NC(=O)NC1CCCCC1)NC(=O)NC1CCCCC1. The van der Waals surface area contributed by atoms with E-state index in [0.29, 0.717) is 12.8 Å². The van der Waals surface area contributed by atoms with Crippen LogP contribution >= 0.6 is 0 Å². The first kappa shape index (κ1) is 24.4. The average Bonchev–Trinajstić information content (AvgIpc) is 2.73. The molecule has 2 aliphatic carbocycles. The van der Waals surface area contributed by atoms with Crippen molar-refractivity contribution in [1.82, 2.24) is 21.3 Å². The molecule has 0 heterocycles. The second kappa shape index (κ2) is 11.5. The van der Waals surface area contributed by atoms with Crippen LogP contribution in [0.1, 0.15) is 105 Å². The maximum atomic E-state index is 12.5. The highest BCUT2D eigenvalue weighted by Crippen LogP contribution is 2.21. The summed E-state index contributed by atoms with van der Waals surface area (Å²) in [6.45, 7) is 7.64. The molecule has 172 valence electrons. The molecule has 0 aliphatic heterocycles. The van der Waals surface area contributed by atoms with Gasteiger partial charge in [-0.15, -0.1) is 0 Å². The van der Waals surface area contributed by atoms with Crippen LogP contribution in [0.25, 0.3) is 0 Å². The third kappa shape index (κ3) is 8.11. The molecule has 2 fully saturated rings. The summed E-state index contributed by atoms with van der Waals surface area (Å²) >= 11 is 0. The summed E-state index contributed by atoms with van der Waals surface area (Å²) in [6, 6.07) is 0.0727. The third-order valence-corrected chi connectivity index (χ3v) is 6.51. The molecule has 2 aliphatic rings.